The Hall–Kier alpha value is -1.62. The van der Waals surface area contributed by atoms with Crippen molar-refractivity contribution in [1.29, 1.82) is 0 Å². The second-order valence-electron chi connectivity index (χ2n) is 4.73. The zero-order valence-corrected chi connectivity index (χ0v) is 11.2. The Morgan fingerprint density at radius 1 is 1.25 bits per heavy atom. The van der Waals surface area contributed by atoms with Crippen LogP contribution < -0.4 is 5.32 Å². The molecular formula is C15H17F3N2. The highest BCUT2D eigenvalue weighted by Gasteiger charge is 2.28. The molecule has 0 aliphatic carbocycles. The summed E-state index contributed by atoms with van der Waals surface area (Å²) in [5.41, 5.74) is 1.65. The number of alkyl halides is 3. The summed E-state index contributed by atoms with van der Waals surface area (Å²) in [6.45, 7) is 2.50. The summed E-state index contributed by atoms with van der Waals surface area (Å²) in [6, 6.07) is 9.17. The zero-order valence-electron chi connectivity index (χ0n) is 11.2. The van der Waals surface area contributed by atoms with Gasteiger partial charge in [-0.25, -0.2) is 0 Å². The van der Waals surface area contributed by atoms with Crippen LogP contribution in [0.3, 0.4) is 0 Å². The number of para-hydroxylation sites is 1. The molecule has 1 atom stereocenters. The van der Waals surface area contributed by atoms with Gasteiger partial charge in [0.15, 0.2) is 0 Å². The van der Waals surface area contributed by atoms with Crippen molar-refractivity contribution in [3.63, 3.8) is 0 Å². The highest BCUT2D eigenvalue weighted by molar-refractivity contribution is 5.78. The molecule has 0 amide bonds. The van der Waals surface area contributed by atoms with Crippen LogP contribution in [0, 0.1) is 0 Å². The third-order valence-electron chi connectivity index (χ3n) is 3.18. The maximum absolute atomic E-state index is 12.4. The number of aromatic nitrogens is 1. The Morgan fingerprint density at radius 3 is 2.70 bits per heavy atom. The second kappa shape index (κ2) is 6.22. The van der Waals surface area contributed by atoms with E-state index in [4.69, 9.17) is 0 Å². The molecule has 0 bridgehead atoms. The molecule has 0 saturated heterocycles. The van der Waals surface area contributed by atoms with Crippen LogP contribution in [-0.4, -0.2) is 17.7 Å². The minimum absolute atomic E-state index is 0.0252. The van der Waals surface area contributed by atoms with Crippen LogP contribution in [0.1, 0.15) is 31.4 Å². The number of pyridine rings is 1. The third-order valence-corrected chi connectivity index (χ3v) is 3.18. The van der Waals surface area contributed by atoms with Gasteiger partial charge in [-0.1, -0.05) is 25.1 Å². The summed E-state index contributed by atoms with van der Waals surface area (Å²) in [6.07, 6.45) is -3.24. The molecule has 1 aromatic carbocycles. The topological polar surface area (TPSA) is 24.9 Å². The first-order valence-corrected chi connectivity index (χ1v) is 6.64. The van der Waals surface area contributed by atoms with Gasteiger partial charge >= 0.3 is 6.18 Å². The van der Waals surface area contributed by atoms with E-state index >= 15 is 0 Å². The Labute approximate surface area is 116 Å². The molecule has 0 aliphatic heterocycles. The predicted molar refractivity (Wildman–Crippen MR) is 73.4 cm³/mol. The minimum atomic E-state index is -4.13. The summed E-state index contributed by atoms with van der Waals surface area (Å²) >= 11 is 0. The quantitative estimate of drug-likeness (QED) is 0.887. The molecule has 0 saturated carbocycles. The van der Waals surface area contributed by atoms with Gasteiger partial charge in [0.05, 0.1) is 5.52 Å². The van der Waals surface area contributed by atoms with Gasteiger partial charge in [0.2, 0.25) is 0 Å². The number of benzene rings is 1. The summed E-state index contributed by atoms with van der Waals surface area (Å²) < 4.78 is 37.1. The van der Waals surface area contributed by atoms with E-state index in [2.05, 4.69) is 10.3 Å². The van der Waals surface area contributed by atoms with E-state index in [1.165, 1.54) is 0 Å². The van der Waals surface area contributed by atoms with Crippen molar-refractivity contribution in [2.45, 2.75) is 32.0 Å². The molecule has 1 heterocycles. The van der Waals surface area contributed by atoms with E-state index in [9.17, 15) is 13.2 Å². The lowest BCUT2D eigenvalue weighted by Gasteiger charge is -2.19. The van der Waals surface area contributed by atoms with Crippen molar-refractivity contribution in [1.82, 2.24) is 10.3 Å². The molecular weight excluding hydrogens is 265 g/mol. The number of hydrogen-bond donors (Lipinski definition) is 1. The summed E-state index contributed by atoms with van der Waals surface area (Å²) in [5.74, 6) is 0. The molecule has 1 aromatic heterocycles. The van der Waals surface area contributed by atoms with Gasteiger partial charge in [-0.3, -0.25) is 4.98 Å². The number of fused-ring (bicyclic) bond motifs is 1. The molecule has 0 aliphatic rings. The second-order valence-corrected chi connectivity index (χ2v) is 4.73. The van der Waals surface area contributed by atoms with E-state index in [-0.39, 0.29) is 12.5 Å². The van der Waals surface area contributed by atoms with E-state index in [1.54, 1.807) is 6.20 Å². The highest BCUT2D eigenvalue weighted by Crippen LogP contribution is 2.28. The first-order chi connectivity index (χ1) is 9.49. The zero-order chi connectivity index (χ0) is 14.6. The molecule has 2 rings (SSSR count). The monoisotopic (exact) mass is 282 g/mol. The van der Waals surface area contributed by atoms with Gasteiger partial charge in [0.1, 0.15) is 0 Å². The van der Waals surface area contributed by atoms with Crippen molar-refractivity contribution < 1.29 is 13.2 Å². The predicted octanol–water partition coefficient (Wildman–Crippen LogP) is 4.23. The van der Waals surface area contributed by atoms with Crippen LogP contribution in [0.5, 0.6) is 0 Å². The van der Waals surface area contributed by atoms with Crippen LogP contribution >= 0.6 is 0 Å². The average molecular weight is 282 g/mol. The van der Waals surface area contributed by atoms with Crippen LogP contribution in [0.4, 0.5) is 13.2 Å². The Bertz CT molecular complexity index is 566. The van der Waals surface area contributed by atoms with Gasteiger partial charge in [-0.05, 0) is 30.7 Å². The van der Waals surface area contributed by atoms with Crippen molar-refractivity contribution >= 4 is 10.9 Å². The number of nitrogens with zero attached hydrogens (tertiary/aromatic N) is 1. The lowest BCUT2D eigenvalue weighted by molar-refractivity contribution is -0.136. The molecule has 1 unspecified atom stereocenters. The first kappa shape index (κ1) is 14.8. The van der Waals surface area contributed by atoms with Crippen LogP contribution in [0.25, 0.3) is 10.9 Å². The fourth-order valence-corrected chi connectivity index (χ4v) is 2.22. The lowest BCUT2D eigenvalue weighted by Crippen LogP contribution is -2.23. The molecule has 108 valence electrons. The van der Waals surface area contributed by atoms with Crippen LogP contribution in [-0.2, 0) is 0 Å². The molecule has 5 heteroatoms. The maximum atomic E-state index is 12.4. The molecule has 0 fully saturated rings. The number of nitrogens with one attached hydrogen (secondary N) is 1. The standard InChI is InChI=1S/C15H17F3N2/c1-2-19-14(7-8-15(16,17)18)12-9-11-5-3-4-6-13(11)20-10-12/h3-6,9-10,14,19H,2,7-8H2,1H3. The Morgan fingerprint density at radius 2 is 2.00 bits per heavy atom. The molecule has 0 spiro atoms. The molecule has 1 N–H and O–H groups in total. The third kappa shape index (κ3) is 3.93. The van der Waals surface area contributed by atoms with Gasteiger partial charge in [0, 0.05) is 24.0 Å². The fourth-order valence-electron chi connectivity index (χ4n) is 2.22. The summed E-state index contributed by atoms with van der Waals surface area (Å²) in [5, 5.41) is 4.04. The first-order valence-electron chi connectivity index (χ1n) is 6.64. The van der Waals surface area contributed by atoms with Crippen molar-refractivity contribution in [2.75, 3.05) is 6.54 Å². The average Bonchev–Trinajstić information content (AvgIpc) is 2.42. The minimum Gasteiger partial charge on any atom is -0.310 e. The highest BCUT2D eigenvalue weighted by atomic mass is 19.4. The van der Waals surface area contributed by atoms with Gasteiger partial charge < -0.3 is 5.32 Å². The maximum Gasteiger partial charge on any atom is 0.389 e. The molecule has 2 aromatic rings. The van der Waals surface area contributed by atoms with Crippen molar-refractivity contribution in [3.8, 4) is 0 Å². The normalized spacial score (nSPS) is 13.6. The SMILES string of the molecule is CCNC(CCC(F)(F)F)c1cnc2ccccc2c1. The number of halogens is 3. The van der Waals surface area contributed by atoms with E-state index in [0.717, 1.165) is 16.5 Å². The lowest BCUT2D eigenvalue weighted by atomic mass is 10.0. The van der Waals surface area contributed by atoms with Crippen molar-refractivity contribution in [3.05, 3.63) is 42.1 Å². The molecule has 20 heavy (non-hydrogen) atoms. The van der Waals surface area contributed by atoms with Crippen LogP contribution in [0.2, 0.25) is 0 Å². The van der Waals surface area contributed by atoms with E-state index < -0.39 is 12.6 Å². The van der Waals surface area contributed by atoms with Crippen molar-refractivity contribution in [2.24, 2.45) is 0 Å². The van der Waals surface area contributed by atoms with Crippen LogP contribution in [0.15, 0.2) is 36.5 Å². The molecule has 2 nitrogen and oxygen atoms in total. The van der Waals surface area contributed by atoms with E-state index in [1.807, 2.05) is 37.3 Å². The Balaban J connectivity index is 2.21. The number of hydrogen-bond acceptors (Lipinski definition) is 2. The van der Waals surface area contributed by atoms with Gasteiger partial charge in [0.25, 0.3) is 0 Å². The number of rotatable bonds is 5. The van der Waals surface area contributed by atoms with Gasteiger partial charge in [-0.2, -0.15) is 13.2 Å². The Kier molecular flexibility index (Phi) is 4.60. The molecule has 0 radical (unpaired) electrons. The fraction of sp³-hybridized carbons (Fsp3) is 0.400. The summed E-state index contributed by atoms with van der Waals surface area (Å²) in [7, 11) is 0. The summed E-state index contributed by atoms with van der Waals surface area (Å²) in [4.78, 5) is 4.31. The smallest absolute Gasteiger partial charge is 0.310 e. The van der Waals surface area contributed by atoms with Gasteiger partial charge in [-0.15, -0.1) is 0 Å². The largest absolute Gasteiger partial charge is 0.389 e. The van der Waals surface area contributed by atoms with E-state index in [0.29, 0.717) is 6.54 Å².